The molecule has 3 aromatic rings. The molecule has 4 rings (SSSR count). The fourth-order valence-electron chi connectivity index (χ4n) is 6.04. The van der Waals surface area contributed by atoms with Crippen LogP contribution >= 0.6 is 0 Å². The number of pyridine rings is 1. The number of benzene rings is 2. The van der Waals surface area contributed by atoms with Gasteiger partial charge in [-0.05, 0) is 111 Å². The summed E-state index contributed by atoms with van der Waals surface area (Å²) in [7, 11) is -6.43. The lowest BCUT2D eigenvalue weighted by Crippen LogP contribution is -2.46. The molecule has 0 aliphatic heterocycles. The zero-order valence-electron chi connectivity index (χ0n) is 34.1. The Morgan fingerprint density at radius 3 is 2.21 bits per heavy atom. The van der Waals surface area contributed by atoms with Gasteiger partial charge in [0.05, 0.1) is 36.5 Å². The molecule has 12 nitrogen and oxygen atoms in total. The molecule has 0 unspecified atom stereocenters. The molecule has 0 radical (unpaired) electrons. The third-order valence-electron chi connectivity index (χ3n) is 10.2. The van der Waals surface area contributed by atoms with Gasteiger partial charge in [0, 0.05) is 18.9 Å². The Balaban J connectivity index is 1.57. The van der Waals surface area contributed by atoms with Crippen LogP contribution in [0.3, 0.4) is 0 Å². The number of carbonyl (C=O) groups excluding carboxylic acids is 2. The molecular weight excluding hydrogens is 751 g/mol. The largest absolute Gasteiger partial charge is 0.490 e. The molecule has 2 amide bonds. The van der Waals surface area contributed by atoms with Crippen LogP contribution in [-0.2, 0) is 30.4 Å². The summed E-state index contributed by atoms with van der Waals surface area (Å²) in [5.41, 5.74) is 2.87. The predicted molar refractivity (Wildman–Crippen MR) is 220 cm³/mol. The maximum atomic E-state index is 13.7. The van der Waals surface area contributed by atoms with Crippen molar-refractivity contribution in [1.82, 2.24) is 14.6 Å². The van der Waals surface area contributed by atoms with E-state index in [1.54, 1.807) is 29.4 Å². The summed E-state index contributed by atoms with van der Waals surface area (Å²) in [6.45, 7) is 17.2. The SMILES string of the molecule is CC(C)(C)OC(=O)N(CCc1ccc(-c2ccc(C(=O)NS(=O)(=O)CCC(=O)O)c(OC3CCCCC3)c2)cc1)C[C@H](O[Si](C)(C)C(C)(C)C)c1cccnc1. The number of ether oxygens (including phenoxy) is 2. The highest BCUT2D eigenvalue weighted by Crippen LogP contribution is 2.40. The molecule has 0 saturated heterocycles. The fraction of sp³-hybridized carbons (Fsp3) is 0.524. The third kappa shape index (κ3) is 13.4. The number of carbonyl (C=O) groups is 3. The van der Waals surface area contributed by atoms with Crippen molar-refractivity contribution in [3.8, 4) is 16.9 Å². The topological polar surface area (TPSA) is 161 Å². The Bertz CT molecular complexity index is 1900. The van der Waals surface area contributed by atoms with Crippen LogP contribution in [0.4, 0.5) is 4.79 Å². The third-order valence-corrected chi connectivity index (χ3v) is 15.9. The molecule has 56 heavy (non-hydrogen) atoms. The molecule has 1 aliphatic rings. The summed E-state index contributed by atoms with van der Waals surface area (Å²) in [5, 5.41) is 8.88. The first-order valence-corrected chi connectivity index (χ1v) is 23.9. The lowest BCUT2D eigenvalue weighted by atomic mass is 9.97. The van der Waals surface area contributed by atoms with Crippen LogP contribution in [0.15, 0.2) is 67.0 Å². The number of rotatable bonds is 16. The molecular formula is C42H59N3O9SSi. The average Bonchev–Trinajstić information content (AvgIpc) is 3.11. The van der Waals surface area contributed by atoms with E-state index in [1.807, 2.05) is 61.9 Å². The molecule has 1 saturated carbocycles. The first-order chi connectivity index (χ1) is 26.1. The van der Waals surface area contributed by atoms with Crippen LogP contribution in [-0.4, -0.2) is 80.2 Å². The molecule has 14 heteroatoms. The summed E-state index contributed by atoms with van der Waals surface area (Å²) in [6, 6.07) is 16.8. The number of hydrogen-bond donors (Lipinski definition) is 2. The Labute approximate surface area is 333 Å². The maximum Gasteiger partial charge on any atom is 0.410 e. The summed E-state index contributed by atoms with van der Waals surface area (Å²) in [5.74, 6) is -2.61. The van der Waals surface area contributed by atoms with Gasteiger partial charge in [-0.2, -0.15) is 0 Å². The smallest absolute Gasteiger partial charge is 0.410 e. The van der Waals surface area contributed by atoms with Gasteiger partial charge in [-0.25, -0.2) is 17.9 Å². The highest BCUT2D eigenvalue weighted by Gasteiger charge is 2.40. The van der Waals surface area contributed by atoms with Gasteiger partial charge < -0.3 is 23.9 Å². The van der Waals surface area contributed by atoms with Crippen molar-refractivity contribution < 1.29 is 41.8 Å². The van der Waals surface area contributed by atoms with Crippen molar-refractivity contribution in [2.75, 3.05) is 18.8 Å². The van der Waals surface area contributed by atoms with Crippen molar-refractivity contribution in [3.05, 3.63) is 83.7 Å². The fourth-order valence-corrected chi connectivity index (χ4v) is 8.25. The van der Waals surface area contributed by atoms with Crippen molar-refractivity contribution >= 4 is 36.3 Å². The molecule has 306 valence electrons. The Kier molecular flexibility index (Phi) is 14.9. The van der Waals surface area contributed by atoms with Gasteiger partial charge in [-0.15, -0.1) is 0 Å². The van der Waals surface area contributed by atoms with Gasteiger partial charge >= 0.3 is 12.1 Å². The van der Waals surface area contributed by atoms with Crippen LogP contribution in [0.1, 0.15) is 108 Å². The Hall–Kier alpha value is -4.27. The van der Waals surface area contributed by atoms with Gasteiger partial charge in [0.15, 0.2) is 8.32 Å². The number of hydrogen-bond acceptors (Lipinski definition) is 9. The van der Waals surface area contributed by atoms with E-state index in [2.05, 4.69) is 38.8 Å². The number of carboxylic acid groups (broad SMARTS) is 1. The number of aliphatic carboxylic acids is 1. The van der Waals surface area contributed by atoms with Crippen LogP contribution in [0.5, 0.6) is 5.75 Å². The molecule has 0 bridgehead atoms. The monoisotopic (exact) mass is 809 g/mol. The molecule has 2 N–H and O–H groups in total. The normalized spacial score (nSPS) is 14.8. The van der Waals surface area contributed by atoms with Crippen LogP contribution in [0.25, 0.3) is 11.1 Å². The van der Waals surface area contributed by atoms with Crippen molar-refractivity contribution in [2.45, 2.75) is 122 Å². The van der Waals surface area contributed by atoms with Gasteiger partial charge in [0.1, 0.15) is 11.4 Å². The second-order valence-corrected chi connectivity index (χ2v) is 23.6. The Morgan fingerprint density at radius 2 is 1.62 bits per heavy atom. The van der Waals surface area contributed by atoms with Gasteiger partial charge in [-0.1, -0.05) is 63.6 Å². The molecule has 0 spiro atoms. The molecule has 2 aromatic carbocycles. The van der Waals surface area contributed by atoms with E-state index < -0.39 is 60.2 Å². The van der Waals surface area contributed by atoms with Gasteiger partial charge in [0.2, 0.25) is 10.0 Å². The predicted octanol–water partition coefficient (Wildman–Crippen LogP) is 8.54. The summed E-state index contributed by atoms with van der Waals surface area (Å²) >= 11 is 0. The summed E-state index contributed by atoms with van der Waals surface area (Å²) in [6.07, 6.45) is 7.23. The molecule has 1 heterocycles. The number of amides is 2. The van der Waals surface area contributed by atoms with E-state index in [9.17, 15) is 22.8 Å². The summed E-state index contributed by atoms with van der Waals surface area (Å²) in [4.78, 5) is 43.9. The number of carboxylic acids is 1. The molecule has 1 atom stereocenters. The zero-order valence-corrected chi connectivity index (χ0v) is 35.9. The minimum Gasteiger partial charge on any atom is -0.490 e. The van der Waals surface area contributed by atoms with Gasteiger partial charge in [-0.3, -0.25) is 14.6 Å². The molecule has 1 aliphatic carbocycles. The average molecular weight is 810 g/mol. The number of nitrogens with zero attached hydrogens (tertiary/aromatic N) is 2. The zero-order chi connectivity index (χ0) is 41.3. The standard InChI is InChI=1S/C42H59N3O9SSi/c1-41(2,3)53-40(49)45(29-37(33-13-12-24-43-28-33)54-56(7,8)42(4,5)6)25-22-30-16-18-31(19-17-30)32-20-21-35(36(27-32)52-34-14-10-9-11-15-34)39(48)44-55(50,51)26-23-38(46)47/h12-13,16-21,24,27-28,34,37H,9-11,14-15,22-23,25-26,29H2,1-8H3,(H,44,48)(H,46,47)/t37-/m0/s1. The van der Waals surface area contributed by atoms with Crippen LogP contribution in [0.2, 0.25) is 18.1 Å². The van der Waals surface area contributed by atoms with Crippen molar-refractivity contribution in [2.24, 2.45) is 0 Å². The van der Waals surface area contributed by atoms with E-state index in [4.69, 9.17) is 19.0 Å². The van der Waals surface area contributed by atoms with E-state index in [0.29, 0.717) is 13.0 Å². The first-order valence-electron chi connectivity index (χ1n) is 19.3. The highest BCUT2D eigenvalue weighted by molar-refractivity contribution is 7.90. The lowest BCUT2D eigenvalue weighted by Gasteiger charge is -2.40. The first kappa shape index (κ1) is 44.4. The minimum atomic E-state index is -4.18. The quantitative estimate of drug-likeness (QED) is 0.134. The highest BCUT2D eigenvalue weighted by atomic mass is 32.2. The van der Waals surface area contributed by atoms with Crippen molar-refractivity contribution in [1.29, 1.82) is 0 Å². The number of nitrogens with one attached hydrogen (secondary N) is 1. The summed E-state index contributed by atoms with van der Waals surface area (Å²) < 4.78 is 46.0. The Morgan fingerprint density at radius 1 is 0.964 bits per heavy atom. The van der Waals surface area contributed by atoms with Crippen molar-refractivity contribution in [3.63, 3.8) is 0 Å². The van der Waals surface area contributed by atoms with Crippen LogP contribution in [0, 0.1) is 0 Å². The van der Waals surface area contributed by atoms with E-state index in [1.165, 1.54) is 6.07 Å². The van der Waals surface area contributed by atoms with E-state index in [-0.39, 0.29) is 29.0 Å². The van der Waals surface area contributed by atoms with Crippen LogP contribution < -0.4 is 9.46 Å². The minimum absolute atomic E-state index is 0.0502. The number of aromatic nitrogens is 1. The maximum absolute atomic E-state index is 13.7. The second-order valence-electron chi connectivity index (χ2n) is 17.0. The molecule has 1 aromatic heterocycles. The van der Waals surface area contributed by atoms with E-state index >= 15 is 0 Å². The second kappa shape index (κ2) is 18.8. The van der Waals surface area contributed by atoms with Gasteiger partial charge in [0.25, 0.3) is 5.91 Å². The number of sulfonamides is 1. The molecule has 1 fully saturated rings. The van der Waals surface area contributed by atoms with E-state index in [0.717, 1.165) is 54.4 Å². The lowest BCUT2D eigenvalue weighted by molar-refractivity contribution is -0.136.